The Bertz CT molecular complexity index is 926. The van der Waals surface area contributed by atoms with Crippen molar-refractivity contribution in [3.63, 3.8) is 0 Å². The van der Waals surface area contributed by atoms with Gasteiger partial charge in [-0.25, -0.2) is 4.79 Å². The lowest BCUT2D eigenvalue weighted by Crippen LogP contribution is -2.30. The van der Waals surface area contributed by atoms with Gasteiger partial charge in [-0.05, 0) is 41.3 Å². The van der Waals surface area contributed by atoms with E-state index in [0.29, 0.717) is 37.8 Å². The normalized spacial score (nSPS) is 10.9. The molecule has 2 N–H and O–H groups in total. The van der Waals surface area contributed by atoms with Crippen LogP contribution in [0.4, 0.5) is 5.00 Å². The summed E-state index contributed by atoms with van der Waals surface area (Å²) >= 11 is 4.67. The Labute approximate surface area is 188 Å². The van der Waals surface area contributed by atoms with Gasteiger partial charge in [-0.2, -0.15) is 0 Å². The molecular weight excluding hydrogens is 472 g/mol. The van der Waals surface area contributed by atoms with Crippen molar-refractivity contribution in [3.05, 3.63) is 22.2 Å². The maximum absolute atomic E-state index is 12.6. The van der Waals surface area contributed by atoms with Crippen molar-refractivity contribution >= 4 is 60.1 Å². The molecule has 0 spiro atoms. The van der Waals surface area contributed by atoms with Crippen molar-refractivity contribution in [1.29, 1.82) is 0 Å². The SMILES string of the molecule is CCOC(=O)c1c(NC(=O)CC)sc2c(OCC(=O)NCCC(C)C)c(Br)ccc12. The van der Waals surface area contributed by atoms with Crippen molar-refractivity contribution in [2.45, 2.75) is 40.5 Å². The van der Waals surface area contributed by atoms with E-state index in [1.54, 1.807) is 26.0 Å². The van der Waals surface area contributed by atoms with E-state index >= 15 is 0 Å². The number of hydrogen-bond acceptors (Lipinski definition) is 6. The van der Waals surface area contributed by atoms with Gasteiger partial charge in [0.15, 0.2) is 12.4 Å². The summed E-state index contributed by atoms with van der Waals surface area (Å²) in [5.74, 6) is -0.00778. The number of nitrogens with one attached hydrogen (secondary N) is 2. The number of carbonyl (C=O) groups is 3. The number of amides is 2. The van der Waals surface area contributed by atoms with E-state index in [2.05, 4.69) is 40.4 Å². The number of benzene rings is 1. The molecule has 9 heteroatoms. The highest BCUT2D eigenvalue weighted by Gasteiger charge is 2.24. The van der Waals surface area contributed by atoms with Crippen LogP contribution in [-0.2, 0) is 14.3 Å². The van der Waals surface area contributed by atoms with Crippen LogP contribution in [0, 0.1) is 5.92 Å². The first-order chi connectivity index (χ1) is 14.3. The number of ether oxygens (including phenoxy) is 2. The molecule has 0 aliphatic carbocycles. The molecule has 0 radical (unpaired) electrons. The van der Waals surface area contributed by atoms with Gasteiger partial charge >= 0.3 is 5.97 Å². The molecule has 30 heavy (non-hydrogen) atoms. The highest BCUT2D eigenvalue weighted by molar-refractivity contribution is 9.10. The van der Waals surface area contributed by atoms with Gasteiger partial charge in [-0.15, -0.1) is 11.3 Å². The fraction of sp³-hybridized carbons (Fsp3) is 0.476. The first-order valence-corrected chi connectivity index (χ1v) is 11.5. The minimum absolute atomic E-state index is 0.154. The molecule has 2 amide bonds. The quantitative estimate of drug-likeness (QED) is 0.461. The number of fused-ring (bicyclic) bond motifs is 1. The average Bonchev–Trinajstić information content (AvgIpc) is 3.04. The molecule has 0 atom stereocenters. The summed E-state index contributed by atoms with van der Waals surface area (Å²) in [6.45, 7) is 8.29. The monoisotopic (exact) mass is 498 g/mol. The maximum atomic E-state index is 12.6. The molecule has 0 saturated heterocycles. The predicted octanol–water partition coefficient (Wildman–Crippen LogP) is 4.73. The molecular formula is C21H27BrN2O5S. The Hall–Kier alpha value is -2.13. The molecule has 0 bridgehead atoms. The van der Waals surface area contributed by atoms with Gasteiger partial charge in [0.25, 0.3) is 5.91 Å². The summed E-state index contributed by atoms with van der Waals surface area (Å²) < 4.78 is 12.3. The molecule has 0 saturated carbocycles. The number of halogens is 1. The van der Waals surface area contributed by atoms with Crippen molar-refractivity contribution in [1.82, 2.24) is 5.32 Å². The third-order valence-electron chi connectivity index (χ3n) is 4.21. The molecule has 0 fully saturated rings. The third kappa shape index (κ3) is 6.18. The van der Waals surface area contributed by atoms with E-state index in [4.69, 9.17) is 9.47 Å². The molecule has 2 aromatic rings. The second kappa shape index (κ2) is 11.3. The minimum atomic E-state index is -0.519. The Morgan fingerprint density at radius 3 is 2.53 bits per heavy atom. The lowest BCUT2D eigenvalue weighted by Gasteiger charge is -2.11. The van der Waals surface area contributed by atoms with Crippen LogP contribution in [0.3, 0.4) is 0 Å². The zero-order valence-corrected chi connectivity index (χ0v) is 20.0. The van der Waals surface area contributed by atoms with Crippen molar-refractivity contribution in [2.24, 2.45) is 5.92 Å². The highest BCUT2D eigenvalue weighted by atomic mass is 79.9. The number of carbonyl (C=O) groups excluding carboxylic acids is 3. The molecule has 1 aromatic heterocycles. The average molecular weight is 499 g/mol. The Balaban J connectivity index is 2.34. The van der Waals surface area contributed by atoms with E-state index in [1.165, 1.54) is 11.3 Å². The number of thiophene rings is 1. The zero-order valence-electron chi connectivity index (χ0n) is 17.6. The second-order valence-electron chi connectivity index (χ2n) is 7.00. The molecule has 0 unspecified atom stereocenters. The van der Waals surface area contributed by atoms with Crippen molar-refractivity contribution in [2.75, 3.05) is 25.1 Å². The molecule has 1 aromatic carbocycles. The smallest absolute Gasteiger partial charge is 0.341 e. The van der Waals surface area contributed by atoms with Gasteiger partial charge in [0.1, 0.15) is 10.6 Å². The predicted molar refractivity (Wildman–Crippen MR) is 122 cm³/mol. The fourth-order valence-corrected chi connectivity index (χ4v) is 4.43. The fourth-order valence-electron chi connectivity index (χ4n) is 2.64. The van der Waals surface area contributed by atoms with Gasteiger partial charge in [-0.1, -0.05) is 26.8 Å². The number of hydrogen-bond donors (Lipinski definition) is 2. The largest absolute Gasteiger partial charge is 0.481 e. The number of rotatable bonds is 10. The van der Waals surface area contributed by atoms with Gasteiger partial charge in [0, 0.05) is 18.4 Å². The van der Waals surface area contributed by atoms with E-state index < -0.39 is 5.97 Å². The van der Waals surface area contributed by atoms with Gasteiger partial charge in [0.2, 0.25) is 5.91 Å². The Morgan fingerprint density at radius 2 is 1.90 bits per heavy atom. The molecule has 2 rings (SSSR count). The second-order valence-corrected chi connectivity index (χ2v) is 8.88. The summed E-state index contributed by atoms with van der Waals surface area (Å²) in [5.41, 5.74) is 0.289. The lowest BCUT2D eigenvalue weighted by atomic mass is 10.1. The summed E-state index contributed by atoms with van der Waals surface area (Å²) in [6.07, 6.45) is 1.17. The topological polar surface area (TPSA) is 93.7 Å². The summed E-state index contributed by atoms with van der Waals surface area (Å²) in [4.78, 5) is 36.6. The van der Waals surface area contributed by atoms with Crippen LogP contribution in [0.15, 0.2) is 16.6 Å². The summed E-state index contributed by atoms with van der Waals surface area (Å²) in [7, 11) is 0. The van der Waals surface area contributed by atoms with E-state index in [9.17, 15) is 14.4 Å². The molecule has 1 heterocycles. The zero-order chi connectivity index (χ0) is 22.3. The van der Waals surface area contributed by atoms with Crippen molar-refractivity contribution < 1.29 is 23.9 Å². The van der Waals surface area contributed by atoms with E-state index in [0.717, 1.165) is 6.42 Å². The highest BCUT2D eigenvalue weighted by Crippen LogP contribution is 2.44. The van der Waals surface area contributed by atoms with Crippen LogP contribution in [0.5, 0.6) is 5.75 Å². The number of esters is 1. The third-order valence-corrected chi connectivity index (χ3v) is 5.95. The standard InChI is InChI=1S/C21H27BrN2O5S/c1-5-15(25)24-20-17(21(27)28-6-2)13-7-8-14(22)18(19(13)30-20)29-11-16(26)23-10-9-12(3)4/h7-8,12H,5-6,9-11H2,1-4H3,(H,23,26)(H,24,25). The maximum Gasteiger partial charge on any atom is 0.341 e. The molecule has 7 nitrogen and oxygen atoms in total. The van der Waals surface area contributed by atoms with Gasteiger partial charge in [0.05, 0.1) is 15.8 Å². The van der Waals surface area contributed by atoms with Crippen LogP contribution < -0.4 is 15.4 Å². The van der Waals surface area contributed by atoms with Crippen molar-refractivity contribution in [3.8, 4) is 5.75 Å². The summed E-state index contributed by atoms with van der Waals surface area (Å²) in [6, 6.07) is 3.51. The van der Waals surface area contributed by atoms with Crippen LogP contribution in [0.2, 0.25) is 0 Å². The van der Waals surface area contributed by atoms with Crippen LogP contribution in [0.1, 0.15) is 50.9 Å². The first-order valence-electron chi connectivity index (χ1n) is 9.89. The van der Waals surface area contributed by atoms with Gasteiger partial charge in [-0.3, -0.25) is 9.59 Å². The molecule has 164 valence electrons. The first kappa shape index (κ1) is 24.1. The molecule has 0 aliphatic rings. The van der Waals surface area contributed by atoms with E-state index in [1.807, 2.05) is 0 Å². The Morgan fingerprint density at radius 1 is 1.17 bits per heavy atom. The van der Waals surface area contributed by atoms with Crippen LogP contribution >= 0.6 is 27.3 Å². The molecule has 0 aliphatic heterocycles. The number of anilines is 1. The van der Waals surface area contributed by atoms with Crippen LogP contribution in [0.25, 0.3) is 10.1 Å². The van der Waals surface area contributed by atoms with E-state index in [-0.39, 0.29) is 37.0 Å². The summed E-state index contributed by atoms with van der Waals surface area (Å²) in [5, 5.41) is 6.60. The van der Waals surface area contributed by atoms with Gasteiger partial charge < -0.3 is 20.1 Å². The minimum Gasteiger partial charge on any atom is -0.481 e. The Kier molecular flexibility index (Phi) is 9.10. The lowest BCUT2D eigenvalue weighted by molar-refractivity contribution is -0.123. The van der Waals surface area contributed by atoms with Crippen LogP contribution in [-0.4, -0.2) is 37.5 Å².